The lowest BCUT2D eigenvalue weighted by molar-refractivity contribution is 0.200. The number of nitrogens with one attached hydrogen (secondary N) is 1. The fourth-order valence-electron chi connectivity index (χ4n) is 1.02. The number of methoxy groups -OCH3 is 1. The van der Waals surface area contributed by atoms with Gasteiger partial charge in [-0.15, -0.1) is 0 Å². The molecule has 0 aliphatic carbocycles. The first kappa shape index (κ1) is 13.3. The number of ether oxygens (including phenoxy) is 1. The van der Waals surface area contributed by atoms with Crippen molar-refractivity contribution in [3.63, 3.8) is 0 Å². The molecule has 2 nitrogen and oxygen atoms in total. The van der Waals surface area contributed by atoms with E-state index in [0.29, 0.717) is 6.04 Å². The first-order chi connectivity index (χ1) is 6.31. The summed E-state index contributed by atoms with van der Waals surface area (Å²) in [6.45, 7) is 6.48. The summed E-state index contributed by atoms with van der Waals surface area (Å²) in [6, 6.07) is 0.646. The molecular weight excluding hydrogens is 182 g/mol. The lowest BCUT2D eigenvalue weighted by atomic mass is 10.3. The van der Waals surface area contributed by atoms with Crippen LogP contribution in [0.1, 0.15) is 26.7 Å². The maximum absolute atomic E-state index is 4.98. The highest BCUT2D eigenvalue weighted by molar-refractivity contribution is 7.99. The van der Waals surface area contributed by atoms with Crippen molar-refractivity contribution in [1.29, 1.82) is 0 Å². The Hall–Kier alpha value is 0.270. The third kappa shape index (κ3) is 10.2. The highest BCUT2D eigenvalue weighted by Crippen LogP contribution is 2.04. The van der Waals surface area contributed by atoms with Gasteiger partial charge in [0.2, 0.25) is 0 Å². The summed E-state index contributed by atoms with van der Waals surface area (Å²) in [5, 5.41) is 3.47. The average Bonchev–Trinajstić information content (AvgIpc) is 2.14. The summed E-state index contributed by atoms with van der Waals surface area (Å²) in [7, 11) is 1.76. The van der Waals surface area contributed by atoms with Gasteiger partial charge in [-0.3, -0.25) is 0 Å². The second-order valence-corrected chi connectivity index (χ2v) is 4.43. The summed E-state index contributed by atoms with van der Waals surface area (Å²) in [5.41, 5.74) is 0. The minimum atomic E-state index is 0.646. The molecule has 0 aromatic carbocycles. The molecule has 0 aliphatic rings. The molecule has 0 saturated heterocycles. The fraction of sp³-hybridized carbons (Fsp3) is 1.00. The Morgan fingerprint density at radius 3 is 2.85 bits per heavy atom. The van der Waals surface area contributed by atoms with E-state index in [1.54, 1.807) is 7.11 Å². The molecule has 0 rings (SSSR count). The molecule has 1 atom stereocenters. The van der Waals surface area contributed by atoms with Gasteiger partial charge in [-0.2, -0.15) is 11.8 Å². The van der Waals surface area contributed by atoms with E-state index in [4.69, 9.17) is 4.74 Å². The zero-order valence-electron chi connectivity index (χ0n) is 9.14. The predicted octanol–water partition coefficient (Wildman–Crippen LogP) is 2.14. The van der Waals surface area contributed by atoms with Gasteiger partial charge in [0, 0.05) is 25.5 Å². The van der Waals surface area contributed by atoms with E-state index in [-0.39, 0.29) is 0 Å². The standard InChI is InChI=1S/C10H23NOS/c1-4-6-11-10(2)9-13-8-5-7-12-3/h10-11H,4-9H2,1-3H3. The van der Waals surface area contributed by atoms with Gasteiger partial charge < -0.3 is 10.1 Å². The molecule has 0 heterocycles. The zero-order chi connectivity index (χ0) is 9.94. The predicted molar refractivity (Wildman–Crippen MR) is 61.6 cm³/mol. The molecule has 0 aromatic heterocycles. The van der Waals surface area contributed by atoms with Gasteiger partial charge in [-0.1, -0.05) is 6.92 Å². The summed E-state index contributed by atoms with van der Waals surface area (Å²) in [6.07, 6.45) is 2.39. The van der Waals surface area contributed by atoms with Crippen molar-refractivity contribution in [2.75, 3.05) is 31.8 Å². The van der Waals surface area contributed by atoms with Crippen LogP contribution in [0.25, 0.3) is 0 Å². The summed E-state index contributed by atoms with van der Waals surface area (Å²) < 4.78 is 4.98. The van der Waals surface area contributed by atoms with Gasteiger partial charge in [-0.25, -0.2) is 0 Å². The minimum Gasteiger partial charge on any atom is -0.385 e. The number of rotatable bonds is 9. The molecule has 0 aromatic rings. The molecule has 0 bridgehead atoms. The molecule has 0 spiro atoms. The van der Waals surface area contributed by atoms with Crippen LogP contribution in [0.3, 0.4) is 0 Å². The van der Waals surface area contributed by atoms with Crippen LogP contribution in [-0.2, 0) is 4.74 Å². The van der Waals surface area contributed by atoms with Crippen LogP contribution in [0.5, 0.6) is 0 Å². The third-order valence-electron chi connectivity index (χ3n) is 1.75. The molecule has 3 heteroatoms. The van der Waals surface area contributed by atoms with Gasteiger partial charge in [0.25, 0.3) is 0 Å². The largest absolute Gasteiger partial charge is 0.385 e. The van der Waals surface area contributed by atoms with Crippen LogP contribution in [0.4, 0.5) is 0 Å². The highest BCUT2D eigenvalue weighted by atomic mass is 32.2. The van der Waals surface area contributed by atoms with Crippen molar-refractivity contribution >= 4 is 11.8 Å². The third-order valence-corrected chi connectivity index (χ3v) is 3.06. The quantitative estimate of drug-likeness (QED) is 0.583. The summed E-state index contributed by atoms with van der Waals surface area (Å²) in [5.74, 6) is 2.43. The summed E-state index contributed by atoms with van der Waals surface area (Å²) >= 11 is 2.01. The normalized spacial score (nSPS) is 13.2. The molecular formula is C10H23NOS. The Balaban J connectivity index is 3.03. The molecule has 1 unspecified atom stereocenters. The number of thioether (sulfide) groups is 1. The number of hydrogen-bond acceptors (Lipinski definition) is 3. The molecule has 0 fully saturated rings. The van der Waals surface area contributed by atoms with Crippen molar-refractivity contribution in [2.24, 2.45) is 0 Å². The SMILES string of the molecule is CCCNC(C)CSCCCOC. The lowest BCUT2D eigenvalue weighted by Gasteiger charge is -2.12. The van der Waals surface area contributed by atoms with E-state index in [0.717, 1.165) is 13.2 Å². The van der Waals surface area contributed by atoms with Crippen LogP contribution < -0.4 is 5.32 Å². The Labute approximate surface area is 86.8 Å². The first-order valence-corrected chi connectivity index (χ1v) is 6.26. The molecule has 0 aliphatic heterocycles. The topological polar surface area (TPSA) is 21.3 Å². The van der Waals surface area contributed by atoms with Gasteiger partial charge in [-0.05, 0) is 32.1 Å². The van der Waals surface area contributed by atoms with Crippen molar-refractivity contribution in [3.8, 4) is 0 Å². The van der Waals surface area contributed by atoms with Crippen LogP contribution in [0, 0.1) is 0 Å². The van der Waals surface area contributed by atoms with Crippen molar-refractivity contribution in [1.82, 2.24) is 5.32 Å². The monoisotopic (exact) mass is 205 g/mol. The van der Waals surface area contributed by atoms with E-state index in [9.17, 15) is 0 Å². The highest BCUT2D eigenvalue weighted by Gasteiger charge is 1.99. The van der Waals surface area contributed by atoms with Gasteiger partial charge in [0.05, 0.1) is 0 Å². The molecule has 0 saturated carbocycles. The average molecular weight is 205 g/mol. The van der Waals surface area contributed by atoms with Gasteiger partial charge >= 0.3 is 0 Å². The number of hydrogen-bond donors (Lipinski definition) is 1. The Morgan fingerprint density at radius 1 is 1.46 bits per heavy atom. The fourth-order valence-corrected chi connectivity index (χ4v) is 1.98. The van der Waals surface area contributed by atoms with E-state index < -0.39 is 0 Å². The van der Waals surface area contributed by atoms with Crippen LogP contribution in [0.15, 0.2) is 0 Å². The van der Waals surface area contributed by atoms with Crippen LogP contribution >= 0.6 is 11.8 Å². The van der Waals surface area contributed by atoms with E-state index in [1.807, 2.05) is 11.8 Å². The molecule has 80 valence electrons. The van der Waals surface area contributed by atoms with Crippen molar-refractivity contribution in [2.45, 2.75) is 32.7 Å². The molecule has 13 heavy (non-hydrogen) atoms. The van der Waals surface area contributed by atoms with Crippen molar-refractivity contribution < 1.29 is 4.74 Å². The summed E-state index contributed by atoms with van der Waals surface area (Å²) in [4.78, 5) is 0. The smallest absolute Gasteiger partial charge is 0.0470 e. The van der Waals surface area contributed by atoms with Crippen molar-refractivity contribution in [3.05, 3.63) is 0 Å². The maximum Gasteiger partial charge on any atom is 0.0470 e. The Bertz CT molecular complexity index is 101. The maximum atomic E-state index is 4.98. The van der Waals surface area contributed by atoms with E-state index in [2.05, 4.69) is 19.2 Å². The Morgan fingerprint density at radius 2 is 2.23 bits per heavy atom. The first-order valence-electron chi connectivity index (χ1n) is 5.11. The molecule has 0 amide bonds. The lowest BCUT2D eigenvalue weighted by Crippen LogP contribution is -2.28. The van der Waals surface area contributed by atoms with Gasteiger partial charge in [0.15, 0.2) is 0 Å². The second-order valence-electron chi connectivity index (χ2n) is 3.28. The molecule has 1 N–H and O–H groups in total. The Kier molecular flexibility index (Phi) is 10.6. The zero-order valence-corrected chi connectivity index (χ0v) is 9.95. The van der Waals surface area contributed by atoms with E-state index in [1.165, 1.54) is 24.3 Å². The minimum absolute atomic E-state index is 0.646. The van der Waals surface area contributed by atoms with Crippen LogP contribution in [0.2, 0.25) is 0 Å². The van der Waals surface area contributed by atoms with Crippen LogP contribution in [-0.4, -0.2) is 37.8 Å². The molecule has 0 radical (unpaired) electrons. The second kappa shape index (κ2) is 10.4. The van der Waals surface area contributed by atoms with E-state index >= 15 is 0 Å². The van der Waals surface area contributed by atoms with Gasteiger partial charge in [0.1, 0.15) is 0 Å².